The number of hydrogen-bond acceptors (Lipinski definition) is 4. The van der Waals surface area contributed by atoms with Gasteiger partial charge in [0, 0.05) is 0 Å². The number of aromatic nitrogens is 2. The first-order chi connectivity index (χ1) is 10.3. The van der Waals surface area contributed by atoms with E-state index in [-0.39, 0.29) is 6.04 Å². The molecule has 0 saturated heterocycles. The van der Waals surface area contributed by atoms with Crippen LogP contribution in [-0.4, -0.2) is 16.6 Å². The van der Waals surface area contributed by atoms with Crippen LogP contribution >= 0.6 is 11.5 Å². The number of nitrogens with one attached hydrogen (secondary N) is 1. The predicted molar refractivity (Wildman–Crippen MR) is 87.8 cm³/mol. The topological polar surface area (TPSA) is 37.8 Å². The van der Waals surface area contributed by atoms with Crippen molar-refractivity contribution in [2.45, 2.75) is 51.0 Å². The highest BCUT2D eigenvalue weighted by molar-refractivity contribution is 7.05. The summed E-state index contributed by atoms with van der Waals surface area (Å²) in [5.74, 6) is 0.743. The fourth-order valence-corrected chi connectivity index (χ4v) is 3.96. The van der Waals surface area contributed by atoms with Crippen molar-refractivity contribution in [3.8, 4) is 0 Å². The summed E-state index contributed by atoms with van der Waals surface area (Å²) in [5, 5.41) is 7.83. The summed E-state index contributed by atoms with van der Waals surface area (Å²) in [7, 11) is 2.04. The summed E-state index contributed by atoms with van der Waals surface area (Å²) in [6.07, 6.45) is 6.15. The van der Waals surface area contributed by atoms with E-state index in [1.54, 1.807) is 0 Å². The Bertz CT molecular complexity index is 589. The molecular formula is C17H23N3S. The molecule has 3 nitrogen and oxygen atoms in total. The van der Waals surface area contributed by atoms with E-state index in [2.05, 4.69) is 46.1 Å². The van der Waals surface area contributed by atoms with Gasteiger partial charge in [0.15, 0.2) is 0 Å². The van der Waals surface area contributed by atoms with Gasteiger partial charge in [-0.25, -0.2) is 0 Å². The van der Waals surface area contributed by atoms with E-state index in [1.165, 1.54) is 46.8 Å². The van der Waals surface area contributed by atoms with Gasteiger partial charge >= 0.3 is 0 Å². The van der Waals surface area contributed by atoms with E-state index >= 15 is 0 Å². The number of nitrogens with zero attached hydrogens (tertiary/aromatic N) is 2. The fraction of sp³-hybridized carbons (Fsp3) is 0.529. The minimum atomic E-state index is 0.225. The summed E-state index contributed by atoms with van der Waals surface area (Å²) in [5.41, 5.74) is 4.08. The number of rotatable bonds is 6. The lowest BCUT2D eigenvalue weighted by Gasteiger charge is -2.30. The lowest BCUT2D eigenvalue weighted by Crippen LogP contribution is -2.22. The van der Waals surface area contributed by atoms with Crippen molar-refractivity contribution in [1.82, 2.24) is 14.9 Å². The molecule has 2 aromatic rings. The maximum absolute atomic E-state index is 4.34. The van der Waals surface area contributed by atoms with Crippen molar-refractivity contribution in [3.05, 3.63) is 46.0 Å². The molecule has 1 heterocycles. The van der Waals surface area contributed by atoms with E-state index in [0.717, 1.165) is 24.5 Å². The molecule has 1 fully saturated rings. The highest BCUT2D eigenvalue weighted by Gasteiger charge is 2.27. The van der Waals surface area contributed by atoms with Gasteiger partial charge in [-0.1, -0.05) is 48.5 Å². The molecule has 1 atom stereocenters. The Kier molecular flexibility index (Phi) is 4.66. The van der Waals surface area contributed by atoms with Gasteiger partial charge in [-0.05, 0) is 54.9 Å². The molecule has 0 aliphatic heterocycles. The Morgan fingerprint density at radius 2 is 2.14 bits per heavy atom. The monoisotopic (exact) mass is 301 g/mol. The Balaban J connectivity index is 1.98. The molecule has 1 aliphatic rings. The quantitative estimate of drug-likeness (QED) is 0.874. The van der Waals surface area contributed by atoms with Gasteiger partial charge in [-0.2, -0.15) is 0 Å². The molecule has 1 aromatic carbocycles. The Morgan fingerprint density at radius 1 is 1.33 bits per heavy atom. The van der Waals surface area contributed by atoms with Gasteiger partial charge in [0.1, 0.15) is 0 Å². The molecule has 1 aromatic heterocycles. The van der Waals surface area contributed by atoms with Crippen LogP contribution in [0.3, 0.4) is 0 Å². The molecule has 0 amide bonds. The molecule has 0 radical (unpaired) electrons. The number of hydrogen-bond donors (Lipinski definition) is 1. The van der Waals surface area contributed by atoms with E-state index in [1.807, 2.05) is 7.05 Å². The van der Waals surface area contributed by atoms with E-state index in [0.29, 0.717) is 0 Å². The standard InChI is InChI=1S/C17H23N3S/c1-3-7-15-17(21-20-19-15)16(18-2)14-11-5-4-10-13(14)12-8-6-9-12/h4-5,10-12,16,18H,3,6-9H2,1-2H3. The van der Waals surface area contributed by atoms with Crippen LogP contribution in [0.2, 0.25) is 0 Å². The molecule has 112 valence electrons. The van der Waals surface area contributed by atoms with Crippen LogP contribution in [0, 0.1) is 0 Å². The van der Waals surface area contributed by atoms with Crippen LogP contribution in [0.25, 0.3) is 0 Å². The second-order valence-electron chi connectivity index (χ2n) is 5.81. The molecule has 0 spiro atoms. The minimum absolute atomic E-state index is 0.225. The van der Waals surface area contributed by atoms with Crippen LogP contribution in [-0.2, 0) is 6.42 Å². The first kappa shape index (κ1) is 14.7. The smallest absolute Gasteiger partial charge is 0.0807 e. The largest absolute Gasteiger partial charge is 0.309 e. The maximum atomic E-state index is 4.34. The first-order valence-electron chi connectivity index (χ1n) is 7.92. The molecular weight excluding hydrogens is 278 g/mol. The van der Waals surface area contributed by atoms with Crippen molar-refractivity contribution in [2.24, 2.45) is 0 Å². The van der Waals surface area contributed by atoms with Crippen molar-refractivity contribution in [1.29, 1.82) is 0 Å². The molecule has 4 heteroatoms. The minimum Gasteiger partial charge on any atom is -0.309 e. The van der Waals surface area contributed by atoms with Crippen LogP contribution < -0.4 is 5.32 Å². The number of aryl methyl sites for hydroxylation is 1. The third-order valence-corrected chi connectivity index (χ3v) is 5.31. The van der Waals surface area contributed by atoms with Crippen molar-refractivity contribution in [3.63, 3.8) is 0 Å². The molecule has 1 unspecified atom stereocenters. The van der Waals surface area contributed by atoms with Gasteiger partial charge in [-0.15, -0.1) is 5.10 Å². The van der Waals surface area contributed by atoms with Crippen LogP contribution in [0.4, 0.5) is 0 Å². The zero-order valence-electron chi connectivity index (χ0n) is 12.8. The lowest BCUT2D eigenvalue weighted by molar-refractivity contribution is 0.415. The van der Waals surface area contributed by atoms with Crippen LogP contribution in [0.15, 0.2) is 24.3 Å². The average molecular weight is 301 g/mol. The summed E-state index contributed by atoms with van der Waals surface area (Å²) in [6.45, 7) is 2.19. The zero-order valence-corrected chi connectivity index (χ0v) is 13.6. The maximum Gasteiger partial charge on any atom is 0.0807 e. The van der Waals surface area contributed by atoms with E-state index < -0.39 is 0 Å². The van der Waals surface area contributed by atoms with Gasteiger partial charge in [-0.3, -0.25) is 0 Å². The van der Waals surface area contributed by atoms with Gasteiger partial charge in [0.05, 0.1) is 16.6 Å². The Labute approximate surface area is 131 Å². The van der Waals surface area contributed by atoms with Crippen LogP contribution in [0.1, 0.15) is 66.3 Å². The molecule has 1 N–H and O–H groups in total. The molecule has 21 heavy (non-hydrogen) atoms. The van der Waals surface area contributed by atoms with Crippen LogP contribution in [0.5, 0.6) is 0 Å². The highest BCUT2D eigenvalue weighted by atomic mass is 32.1. The second kappa shape index (κ2) is 6.67. The van der Waals surface area contributed by atoms with Crippen molar-refractivity contribution < 1.29 is 0 Å². The molecule has 1 saturated carbocycles. The summed E-state index contributed by atoms with van der Waals surface area (Å²) < 4.78 is 4.20. The molecule has 0 bridgehead atoms. The van der Waals surface area contributed by atoms with Gasteiger partial charge < -0.3 is 5.32 Å². The number of benzene rings is 1. The van der Waals surface area contributed by atoms with Crippen molar-refractivity contribution >= 4 is 11.5 Å². The predicted octanol–water partition coefficient (Wildman–Crippen LogP) is 4.07. The summed E-state index contributed by atoms with van der Waals surface area (Å²) in [4.78, 5) is 1.28. The van der Waals surface area contributed by atoms with Gasteiger partial charge in [0.2, 0.25) is 0 Å². The third-order valence-electron chi connectivity index (χ3n) is 4.47. The average Bonchev–Trinajstić information content (AvgIpc) is 2.88. The molecule has 3 rings (SSSR count). The summed E-state index contributed by atoms with van der Waals surface area (Å²) >= 11 is 1.54. The Morgan fingerprint density at radius 3 is 2.81 bits per heavy atom. The van der Waals surface area contributed by atoms with Crippen molar-refractivity contribution in [2.75, 3.05) is 7.05 Å². The second-order valence-corrected chi connectivity index (χ2v) is 6.60. The Hall–Kier alpha value is -1.26. The third kappa shape index (κ3) is 2.87. The van der Waals surface area contributed by atoms with Gasteiger partial charge in [0.25, 0.3) is 0 Å². The summed E-state index contributed by atoms with van der Waals surface area (Å²) in [6, 6.07) is 9.11. The fourth-order valence-electron chi connectivity index (χ4n) is 3.14. The first-order valence-corrected chi connectivity index (χ1v) is 8.69. The van der Waals surface area contributed by atoms with E-state index in [4.69, 9.17) is 0 Å². The molecule has 1 aliphatic carbocycles. The SMILES string of the molecule is CCCc1nnsc1C(NC)c1ccccc1C1CCC1. The van der Waals surface area contributed by atoms with E-state index in [9.17, 15) is 0 Å². The normalized spacial score (nSPS) is 16.7. The zero-order chi connectivity index (χ0) is 14.7. The highest BCUT2D eigenvalue weighted by Crippen LogP contribution is 2.41. The lowest BCUT2D eigenvalue weighted by atomic mass is 9.77.